The van der Waals surface area contributed by atoms with Gasteiger partial charge >= 0.3 is 0 Å². The number of ether oxygens (including phenoxy) is 1. The van der Waals surface area contributed by atoms with Gasteiger partial charge in [0, 0.05) is 25.2 Å². The van der Waals surface area contributed by atoms with Crippen LogP contribution in [-0.4, -0.2) is 43.3 Å². The number of methoxy groups -OCH3 is 1. The predicted octanol–water partition coefficient (Wildman–Crippen LogP) is 2.00. The summed E-state index contributed by atoms with van der Waals surface area (Å²) in [6, 6.07) is 0.548. The van der Waals surface area contributed by atoms with Crippen molar-refractivity contribution in [2.45, 2.75) is 57.5 Å². The fourth-order valence-electron chi connectivity index (χ4n) is 2.84. The van der Waals surface area contributed by atoms with Crippen molar-refractivity contribution in [2.24, 2.45) is 5.73 Å². The first-order valence-electron chi connectivity index (χ1n) is 6.69. The van der Waals surface area contributed by atoms with Gasteiger partial charge in [-0.15, -0.1) is 0 Å². The van der Waals surface area contributed by atoms with Crippen molar-refractivity contribution in [3.8, 4) is 0 Å². The summed E-state index contributed by atoms with van der Waals surface area (Å²) >= 11 is 0. The molecule has 0 aliphatic carbocycles. The van der Waals surface area contributed by atoms with Crippen molar-refractivity contribution in [1.29, 1.82) is 0 Å². The monoisotopic (exact) mass is 228 g/mol. The van der Waals surface area contributed by atoms with Crippen LogP contribution >= 0.6 is 0 Å². The molecule has 16 heavy (non-hydrogen) atoms. The van der Waals surface area contributed by atoms with E-state index in [2.05, 4.69) is 18.7 Å². The summed E-state index contributed by atoms with van der Waals surface area (Å²) in [5.41, 5.74) is 6.55. The number of likely N-dealkylation sites (tertiary alicyclic amines) is 1. The summed E-state index contributed by atoms with van der Waals surface area (Å²) < 4.78 is 5.19. The molecule has 0 radical (unpaired) electrons. The molecule has 1 heterocycles. The van der Waals surface area contributed by atoms with E-state index in [1.165, 1.54) is 25.8 Å². The lowest BCUT2D eigenvalue weighted by Gasteiger charge is -2.46. The number of nitrogens with zero attached hydrogens (tertiary/aromatic N) is 1. The first-order chi connectivity index (χ1) is 7.68. The summed E-state index contributed by atoms with van der Waals surface area (Å²) in [4.78, 5) is 2.54. The second-order valence-corrected chi connectivity index (χ2v) is 4.98. The highest BCUT2D eigenvalue weighted by molar-refractivity contribution is 4.97. The number of hydrogen-bond donors (Lipinski definition) is 1. The first-order valence-corrected chi connectivity index (χ1v) is 6.69. The molecule has 0 bridgehead atoms. The van der Waals surface area contributed by atoms with Crippen LogP contribution < -0.4 is 5.73 Å². The highest BCUT2D eigenvalue weighted by atomic mass is 16.5. The standard InChI is InChI=1S/C13H28N2O/c1-4-13(14,5-2)12-8-6-7-9-15(12)10-11-16-3/h12H,4-11,14H2,1-3H3. The van der Waals surface area contributed by atoms with Crippen LogP contribution in [-0.2, 0) is 4.74 Å². The average Bonchev–Trinajstić information content (AvgIpc) is 2.35. The van der Waals surface area contributed by atoms with Crippen molar-refractivity contribution in [3.05, 3.63) is 0 Å². The molecule has 1 aliphatic heterocycles. The van der Waals surface area contributed by atoms with Gasteiger partial charge in [-0.1, -0.05) is 20.3 Å². The number of nitrogens with two attached hydrogens (primary N) is 1. The Bertz CT molecular complexity index is 192. The van der Waals surface area contributed by atoms with Crippen LogP contribution in [0.25, 0.3) is 0 Å². The van der Waals surface area contributed by atoms with Crippen molar-refractivity contribution < 1.29 is 4.74 Å². The third kappa shape index (κ3) is 3.19. The number of hydrogen-bond acceptors (Lipinski definition) is 3. The topological polar surface area (TPSA) is 38.5 Å². The molecule has 1 saturated heterocycles. The molecule has 0 spiro atoms. The summed E-state index contributed by atoms with van der Waals surface area (Å²) in [5, 5.41) is 0. The molecular weight excluding hydrogens is 200 g/mol. The van der Waals surface area contributed by atoms with Crippen LogP contribution in [0.15, 0.2) is 0 Å². The predicted molar refractivity (Wildman–Crippen MR) is 68.6 cm³/mol. The van der Waals surface area contributed by atoms with Gasteiger partial charge in [0.05, 0.1) is 6.61 Å². The van der Waals surface area contributed by atoms with Crippen molar-refractivity contribution in [2.75, 3.05) is 26.8 Å². The lowest BCUT2D eigenvalue weighted by Crippen LogP contribution is -2.60. The Hall–Kier alpha value is -0.120. The zero-order chi connectivity index (χ0) is 12.0. The van der Waals surface area contributed by atoms with Crippen LogP contribution in [0.1, 0.15) is 46.0 Å². The van der Waals surface area contributed by atoms with Gasteiger partial charge in [-0.2, -0.15) is 0 Å². The highest BCUT2D eigenvalue weighted by Gasteiger charge is 2.36. The van der Waals surface area contributed by atoms with Gasteiger partial charge in [0.15, 0.2) is 0 Å². The van der Waals surface area contributed by atoms with Gasteiger partial charge in [0.2, 0.25) is 0 Å². The normalized spacial score (nSPS) is 23.6. The van der Waals surface area contributed by atoms with Crippen LogP contribution in [0.3, 0.4) is 0 Å². The second-order valence-electron chi connectivity index (χ2n) is 4.98. The molecule has 0 aromatic carbocycles. The molecular formula is C13H28N2O. The van der Waals surface area contributed by atoms with Gasteiger partial charge in [0.25, 0.3) is 0 Å². The van der Waals surface area contributed by atoms with Crippen LogP contribution in [0.4, 0.5) is 0 Å². The lowest BCUT2D eigenvalue weighted by molar-refractivity contribution is 0.0507. The van der Waals surface area contributed by atoms with Crippen LogP contribution in [0.5, 0.6) is 0 Å². The lowest BCUT2D eigenvalue weighted by atomic mass is 9.80. The summed E-state index contributed by atoms with van der Waals surface area (Å²) in [7, 11) is 1.77. The van der Waals surface area contributed by atoms with E-state index >= 15 is 0 Å². The Morgan fingerprint density at radius 2 is 2.00 bits per heavy atom. The number of rotatable bonds is 6. The Labute approximate surface area is 100 Å². The zero-order valence-corrected chi connectivity index (χ0v) is 11.2. The zero-order valence-electron chi connectivity index (χ0n) is 11.2. The van der Waals surface area contributed by atoms with E-state index in [4.69, 9.17) is 10.5 Å². The molecule has 3 nitrogen and oxygen atoms in total. The summed E-state index contributed by atoms with van der Waals surface area (Å²) in [5.74, 6) is 0. The van der Waals surface area contributed by atoms with E-state index in [9.17, 15) is 0 Å². The molecule has 1 fully saturated rings. The fourth-order valence-corrected chi connectivity index (χ4v) is 2.84. The van der Waals surface area contributed by atoms with Gasteiger partial charge in [-0.05, 0) is 32.2 Å². The molecule has 3 heteroatoms. The highest BCUT2D eigenvalue weighted by Crippen LogP contribution is 2.29. The minimum Gasteiger partial charge on any atom is -0.383 e. The van der Waals surface area contributed by atoms with Crippen molar-refractivity contribution in [3.63, 3.8) is 0 Å². The minimum absolute atomic E-state index is 0.00579. The third-order valence-corrected chi connectivity index (χ3v) is 4.18. The maximum atomic E-state index is 6.55. The van der Waals surface area contributed by atoms with Crippen molar-refractivity contribution in [1.82, 2.24) is 4.90 Å². The molecule has 0 saturated carbocycles. The Morgan fingerprint density at radius 1 is 1.31 bits per heavy atom. The van der Waals surface area contributed by atoms with Crippen LogP contribution in [0.2, 0.25) is 0 Å². The maximum Gasteiger partial charge on any atom is 0.0589 e. The molecule has 1 atom stereocenters. The van der Waals surface area contributed by atoms with Crippen LogP contribution in [0, 0.1) is 0 Å². The third-order valence-electron chi connectivity index (χ3n) is 4.18. The van der Waals surface area contributed by atoms with E-state index < -0.39 is 0 Å². The fraction of sp³-hybridized carbons (Fsp3) is 1.00. The largest absolute Gasteiger partial charge is 0.383 e. The van der Waals surface area contributed by atoms with Gasteiger partial charge in [-0.25, -0.2) is 0 Å². The van der Waals surface area contributed by atoms with E-state index in [0.717, 1.165) is 26.0 Å². The van der Waals surface area contributed by atoms with Crippen molar-refractivity contribution >= 4 is 0 Å². The Morgan fingerprint density at radius 3 is 2.56 bits per heavy atom. The quantitative estimate of drug-likeness (QED) is 0.756. The molecule has 2 N–H and O–H groups in total. The maximum absolute atomic E-state index is 6.55. The average molecular weight is 228 g/mol. The SMILES string of the molecule is CCC(N)(CC)C1CCCCN1CCOC. The Kier molecular flexibility index (Phi) is 5.73. The molecule has 1 unspecified atom stereocenters. The second kappa shape index (κ2) is 6.58. The van der Waals surface area contributed by atoms with E-state index in [0.29, 0.717) is 6.04 Å². The van der Waals surface area contributed by atoms with Gasteiger partial charge < -0.3 is 10.5 Å². The molecule has 1 rings (SSSR count). The summed E-state index contributed by atoms with van der Waals surface area (Å²) in [6.45, 7) is 7.46. The minimum atomic E-state index is -0.00579. The van der Waals surface area contributed by atoms with E-state index in [1.807, 2.05) is 0 Å². The van der Waals surface area contributed by atoms with Gasteiger partial charge in [0.1, 0.15) is 0 Å². The molecule has 0 aromatic rings. The van der Waals surface area contributed by atoms with E-state index in [1.54, 1.807) is 7.11 Å². The molecule has 96 valence electrons. The smallest absolute Gasteiger partial charge is 0.0589 e. The van der Waals surface area contributed by atoms with E-state index in [-0.39, 0.29) is 5.54 Å². The first kappa shape index (κ1) is 13.9. The molecule has 1 aliphatic rings. The van der Waals surface area contributed by atoms with Gasteiger partial charge in [-0.3, -0.25) is 4.90 Å². The molecule has 0 amide bonds. The number of piperidine rings is 1. The summed E-state index contributed by atoms with van der Waals surface area (Å²) in [6.07, 6.45) is 6.02. The Balaban J connectivity index is 2.64. The molecule has 0 aromatic heterocycles.